The average molecular weight is 464 g/mol. The maximum Gasteiger partial charge on any atom is 0.422 e. The average Bonchev–Trinajstić information content (AvgIpc) is 2.74. The molecule has 0 fully saturated rings. The second kappa shape index (κ2) is 9.47. The number of carbonyl (C=O) groups is 1. The van der Waals surface area contributed by atoms with Crippen molar-refractivity contribution in [3.05, 3.63) is 62.4 Å². The predicted octanol–water partition coefficient (Wildman–Crippen LogP) is 3.81. The zero-order valence-electron chi connectivity index (χ0n) is 18.2. The molecule has 0 radical (unpaired) electrons. The zero-order chi connectivity index (χ0) is 24.3. The van der Waals surface area contributed by atoms with Gasteiger partial charge in [0.2, 0.25) is 0 Å². The van der Waals surface area contributed by atoms with Crippen molar-refractivity contribution in [3.8, 4) is 5.75 Å². The van der Waals surface area contributed by atoms with E-state index >= 15 is 0 Å². The van der Waals surface area contributed by atoms with Gasteiger partial charge < -0.3 is 10.1 Å². The smallest absolute Gasteiger partial charge is 0.422 e. The minimum Gasteiger partial charge on any atom is -0.482 e. The van der Waals surface area contributed by atoms with Gasteiger partial charge in [-0.15, -0.1) is 0 Å². The zero-order valence-corrected chi connectivity index (χ0v) is 18.2. The summed E-state index contributed by atoms with van der Waals surface area (Å²) < 4.78 is 43.9. The molecule has 176 valence electrons. The lowest BCUT2D eigenvalue weighted by Crippen LogP contribution is -2.32. The number of aryl methyl sites for hydroxylation is 1. The van der Waals surface area contributed by atoms with E-state index in [9.17, 15) is 27.6 Å². The molecular formula is C22H23F3N4O4. The number of amides is 1. The van der Waals surface area contributed by atoms with Gasteiger partial charge in [-0.2, -0.15) is 13.2 Å². The highest BCUT2D eigenvalue weighted by Gasteiger charge is 2.29. The van der Waals surface area contributed by atoms with Crippen molar-refractivity contribution < 1.29 is 22.7 Å². The lowest BCUT2D eigenvalue weighted by molar-refractivity contribution is -0.153. The maximum absolute atomic E-state index is 13.2. The maximum atomic E-state index is 13.2. The Morgan fingerprint density at radius 3 is 2.58 bits per heavy atom. The Morgan fingerprint density at radius 1 is 1.24 bits per heavy atom. The van der Waals surface area contributed by atoms with E-state index in [0.717, 1.165) is 0 Å². The molecule has 2 heterocycles. The van der Waals surface area contributed by atoms with Crippen LogP contribution >= 0.6 is 0 Å². The molecule has 1 aromatic carbocycles. The van der Waals surface area contributed by atoms with Crippen molar-refractivity contribution in [2.24, 2.45) is 0 Å². The van der Waals surface area contributed by atoms with Crippen LogP contribution in [0.3, 0.4) is 0 Å². The monoisotopic (exact) mass is 464 g/mol. The van der Waals surface area contributed by atoms with Gasteiger partial charge in [0.05, 0.1) is 16.6 Å². The molecular weight excluding hydrogens is 441 g/mol. The van der Waals surface area contributed by atoms with Gasteiger partial charge in [-0.25, -0.2) is 9.78 Å². The Labute approximate surface area is 186 Å². The van der Waals surface area contributed by atoms with Crippen LogP contribution in [0.5, 0.6) is 5.75 Å². The fourth-order valence-electron chi connectivity index (χ4n) is 3.24. The molecule has 2 aromatic heterocycles. The molecule has 3 rings (SSSR count). The molecule has 0 aliphatic carbocycles. The summed E-state index contributed by atoms with van der Waals surface area (Å²) in [6.45, 7) is 4.27. The van der Waals surface area contributed by atoms with Crippen molar-refractivity contribution in [1.82, 2.24) is 14.5 Å². The van der Waals surface area contributed by atoms with Crippen LogP contribution in [0.15, 0.2) is 39.9 Å². The first-order valence-electron chi connectivity index (χ1n) is 10.3. The highest BCUT2D eigenvalue weighted by Crippen LogP contribution is 2.28. The molecule has 2 N–H and O–H groups in total. The van der Waals surface area contributed by atoms with Gasteiger partial charge in [0, 0.05) is 12.2 Å². The van der Waals surface area contributed by atoms with Gasteiger partial charge in [0.15, 0.2) is 12.3 Å². The summed E-state index contributed by atoms with van der Waals surface area (Å²) in [6, 6.07) is 7.10. The second-order valence-electron chi connectivity index (χ2n) is 7.71. The third-order valence-electron chi connectivity index (χ3n) is 4.78. The quantitative estimate of drug-likeness (QED) is 0.553. The third kappa shape index (κ3) is 5.41. The third-order valence-corrected chi connectivity index (χ3v) is 4.78. The number of halogens is 3. The first-order chi connectivity index (χ1) is 15.5. The van der Waals surface area contributed by atoms with E-state index in [-0.39, 0.29) is 40.5 Å². The fourth-order valence-corrected chi connectivity index (χ4v) is 3.24. The number of fused-ring (bicyclic) bond motifs is 1. The van der Waals surface area contributed by atoms with E-state index in [4.69, 9.17) is 4.74 Å². The van der Waals surface area contributed by atoms with Crippen LogP contribution in [-0.2, 0) is 6.54 Å². The van der Waals surface area contributed by atoms with Crippen LogP contribution in [0, 0.1) is 0 Å². The largest absolute Gasteiger partial charge is 0.482 e. The number of nitrogens with zero attached hydrogens (tertiary/aromatic N) is 2. The number of alkyl halides is 3. The van der Waals surface area contributed by atoms with E-state index in [1.165, 1.54) is 34.9 Å². The number of aromatic nitrogens is 3. The molecule has 0 unspecified atom stereocenters. The number of H-pyrrole nitrogens is 1. The molecule has 33 heavy (non-hydrogen) atoms. The lowest BCUT2D eigenvalue weighted by Gasteiger charge is -2.16. The molecule has 8 nitrogen and oxygen atoms in total. The molecule has 3 aromatic rings. The number of pyridine rings is 1. The van der Waals surface area contributed by atoms with Gasteiger partial charge in [-0.1, -0.05) is 32.9 Å². The van der Waals surface area contributed by atoms with Crippen LogP contribution in [0.1, 0.15) is 49.2 Å². The highest BCUT2D eigenvalue weighted by molar-refractivity contribution is 6.12. The molecule has 0 spiro atoms. The topological polar surface area (TPSA) is 106 Å². The summed E-state index contributed by atoms with van der Waals surface area (Å²) in [7, 11) is 0. The Hall–Kier alpha value is -3.63. The van der Waals surface area contributed by atoms with Crippen molar-refractivity contribution in [2.75, 3.05) is 11.9 Å². The summed E-state index contributed by atoms with van der Waals surface area (Å²) in [5.74, 6) is -1.06. The van der Waals surface area contributed by atoms with Crippen molar-refractivity contribution in [3.63, 3.8) is 0 Å². The van der Waals surface area contributed by atoms with Gasteiger partial charge in [-0.3, -0.25) is 19.1 Å². The van der Waals surface area contributed by atoms with Crippen molar-refractivity contribution in [1.29, 1.82) is 0 Å². The second-order valence-corrected chi connectivity index (χ2v) is 7.71. The van der Waals surface area contributed by atoms with E-state index in [1.54, 1.807) is 0 Å². The number of hydrogen-bond donors (Lipinski definition) is 2. The molecule has 11 heteroatoms. The molecule has 0 bridgehead atoms. The van der Waals surface area contributed by atoms with Crippen molar-refractivity contribution >= 4 is 22.6 Å². The summed E-state index contributed by atoms with van der Waals surface area (Å²) in [6.07, 6.45) is -3.97. The Bertz CT molecular complexity index is 1300. The van der Waals surface area contributed by atoms with E-state index < -0.39 is 29.9 Å². The lowest BCUT2D eigenvalue weighted by atomic mass is 10.0. The molecule has 1 amide bonds. The Kier molecular flexibility index (Phi) is 6.89. The minimum absolute atomic E-state index is 0.00103. The van der Waals surface area contributed by atoms with Crippen LogP contribution in [0.25, 0.3) is 11.0 Å². The van der Waals surface area contributed by atoms with Gasteiger partial charge in [-0.05, 0) is 30.5 Å². The van der Waals surface area contributed by atoms with Gasteiger partial charge >= 0.3 is 11.9 Å². The van der Waals surface area contributed by atoms with E-state index in [2.05, 4.69) is 15.3 Å². The molecule has 0 saturated carbocycles. The van der Waals surface area contributed by atoms with Crippen LogP contribution in [0.4, 0.5) is 18.9 Å². The Morgan fingerprint density at radius 2 is 1.94 bits per heavy atom. The summed E-state index contributed by atoms with van der Waals surface area (Å²) in [5, 5.41) is 2.43. The van der Waals surface area contributed by atoms with Gasteiger partial charge in [0.1, 0.15) is 5.75 Å². The SMILES string of the molecule is CCCn1c(=O)[nH]c(=O)c2c(C(=O)Nc3ccccc3OCC(F)(F)F)cc(C(C)C)nc21. The first-order valence-corrected chi connectivity index (χ1v) is 10.3. The summed E-state index contributed by atoms with van der Waals surface area (Å²) in [5.41, 5.74) is -0.925. The summed E-state index contributed by atoms with van der Waals surface area (Å²) in [4.78, 5) is 44.9. The fraction of sp³-hybridized carbons (Fsp3) is 0.364. The number of para-hydroxylation sites is 2. The van der Waals surface area contributed by atoms with Gasteiger partial charge in [0.25, 0.3) is 11.5 Å². The number of anilines is 1. The number of nitrogens with one attached hydrogen (secondary N) is 2. The number of carbonyl (C=O) groups excluding carboxylic acids is 1. The number of hydrogen-bond acceptors (Lipinski definition) is 5. The van der Waals surface area contributed by atoms with Crippen LogP contribution in [0.2, 0.25) is 0 Å². The number of benzene rings is 1. The molecule has 0 saturated heterocycles. The Balaban J connectivity index is 2.13. The normalized spacial score (nSPS) is 11.7. The van der Waals surface area contributed by atoms with Crippen LogP contribution in [-0.4, -0.2) is 33.2 Å². The number of ether oxygens (including phenoxy) is 1. The highest BCUT2D eigenvalue weighted by atomic mass is 19.4. The first kappa shape index (κ1) is 24.0. The minimum atomic E-state index is -4.55. The van der Waals surface area contributed by atoms with Crippen LogP contribution < -0.4 is 21.3 Å². The number of rotatable bonds is 7. The standard InChI is InChI=1S/C22H23F3N4O4/c1-4-9-29-18-17(20(31)28-21(29)32)13(10-15(26-18)12(2)3)19(30)27-14-7-5-6-8-16(14)33-11-22(23,24)25/h5-8,10,12H,4,9,11H2,1-3H3,(H,27,30)(H,28,31,32). The predicted molar refractivity (Wildman–Crippen MR) is 117 cm³/mol. The molecule has 0 aliphatic heterocycles. The van der Waals surface area contributed by atoms with E-state index in [1.807, 2.05) is 20.8 Å². The van der Waals surface area contributed by atoms with Crippen molar-refractivity contribution in [2.45, 2.75) is 45.8 Å². The summed E-state index contributed by atoms with van der Waals surface area (Å²) >= 11 is 0. The molecule has 0 aliphatic rings. The number of aromatic amines is 1. The molecule has 0 atom stereocenters. The van der Waals surface area contributed by atoms with E-state index in [0.29, 0.717) is 12.1 Å².